The topological polar surface area (TPSA) is 36.9 Å². The molecule has 0 atom stereocenters. The molecule has 0 saturated carbocycles. The molecule has 1 N–H and O–H groups in total. The van der Waals surface area contributed by atoms with Gasteiger partial charge in [0, 0.05) is 43.5 Å². The quantitative estimate of drug-likeness (QED) is 0.561. The molecule has 1 fully saturated rings. The number of rotatable bonds is 6. The van der Waals surface area contributed by atoms with Crippen LogP contribution in [0.1, 0.15) is 24.6 Å². The van der Waals surface area contributed by atoms with Gasteiger partial charge in [0.15, 0.2) is 5.96 Å². The van der Waals surface area contributed by atoms with Crippen molar-refractivity contribution >= 4 is 45.0 Å². The molecule has 0 aromatic carbocycles. The molecule has 1 saturated heterocycles. The van der Waals surface area contributed by atoms with Crippen molar-refractivity contribution in [1.82, 2.24) is 10.2 Å². The SMILES string of the molecule is CCSC1(CNC(=NC)N(C)Cc2ccc(Br)s2)CCOCC1. The van der Waals surface area contributed by atoms with Crippen molar-refractivity contribution in [1.29, 1.82) is 0 Å². The van der Waals surface area contributed by atoms with E-state index < -0.39 is 0 Å². The number of halogens is 1. The first-order valence-corrected chi connectivity index (χ1v) is 10.6. The van der Waals surface area contributed by atoms with Crippen LogP contribution in [-0.2, 0) is 11.3 Å². The number of nitrogens with one attached hydrogen (secondary N) is 1. The van der Waals surface area contributed by atoms with Gasteiger partial charge in [0.25, 0.3) is 0 Å². The first kappa shape index (κ1) is 19.1. The fraction of sp³-hybridized carbons (Fsp3) is 0.688. The number of hydrogen-bond acceptors (Lipinski definition) is 4. The van der Waals surface area contributed by atoms with E-state index in [1.165, 1.54) is 8.66 Å². The van der Waals surface area contributed by atoms with Gasteiger partial charge in [-0.2, -0.15) is 11.8 Å². The van der Waals surface area contributed by atoms with E-state index in [0.717, 1.165) is 50.9 Å². The highest BCUT2D eigenvalue weighted by Gasteiger charge is 2.32. The van der Waals surface area contributed by atoms with Gasteiger partial charge < -0.3 is 15.0 Å². The molecule has 0 aliphatic carbocycles. The van der Waals surface area contributed by atoms with E-state index in [-0.39, 0.29) is 4.75 Å². The summed E-state index contributed by atoms with van der Waals surface area (Å²) in [6.07, 6.45) is 2.22. The van der Waals surface area contributed by atoms with Gasteiger partial charge in [0.2, 0.25) is 0 Å². The Morgan fingerprint density at radius 3 is 2.78 bits per heavy atom. The molecule has 0 unspecified atom stereocenters. The van der Waals surface area contributed by atoms with Gasteiger partial charge in [-0.3, -0.25) is 4.99 Å². The Morgan fingerprint density at radius 2 is 2.22 bits per heavy atom. The lowest BCUT2D eigenvalue weighted by Crippen LogP contribution is -2.48. The van der Waals surface area contributed by atoms with Crippen LogP contribution in [0.4, 0.5) is 0 Å². The number of hydrogen-bond donors (Lipinski definition) is 1. The lowest BCUT2D eigenvalue weighted by Gasteiger charge is -2.37. The minimum Gasteiger partial charge on any atom is -0.381 e. The van der Waals surface area contributed by atoms with Crippen molar-refractivity contribution in [2.75, 3.05) is 39.6 Å². The molecule has 4 nitrogen and oxygen atoms in total. The van der Waals surface area contributed by atoms with Crippen LogP contribution < -0.4 is 5.32 Å². The van der Waals surface area contributed by atoms with Crippen LogP contribution in [0, 0.1) is 0 Å². The summed E-state index contributed by atoms with van der Waals surface area (Å²) in [5.74, 6) is 2.09. The zero-order chi connectivity index (χ0) is 16.7. The van der Waals surface area contributed by atoms with E-state index >= 15 is 0 Å². The van der Waals surface area contributed by atoms with E-state index in [0.29, 0.717) is 0 Å². The first-order chi connectivity index (χ1) is 11.1. The Kier molecular flexibility index (Phi) is 7.72. The van der Waals surface area contributed by atoms with Crippen molar-refractivity contribution in [2.24, 2.45) is 4.99 Å². The molecule has 2 heterocycles. The minimum absolute atomic E-state index is 0.274. The van der Waals surface area contributed by atoms with Gasteiger partial charge in [-0.1, -0.05) is 6.92 Å². The third kappa shape index (κ3) is 5.66. The van der Waals surface area contributed by atoms with E-state index in [1.54, 1.807) is 11.3 Å². The molecule has 0 radical (unpaired) electrons. The number of guanidine groups is 1. The Balaban J connectivity index is 1.92. The Bertz CT molecular complexity index is 510. The van der Waals surface area contributed by atoms with Crippen LogP contribution in [0.3, 0.4) is 0 Å². The van der Waals surface area contributed by atoms with Crippen molar-refractivity contribution in [3.8, 4) is 0 Å². The second kappa shape index (κ2) is 9.30. The van der Waals surface area contributed by atoms with Gasteiger partial charge in [-0.25, -0.2) is 0 Å². The minimum atomic E-state index is 0.274. The van der Waals surface area contributed by atoms with Crippen LogP contribution in [0.25, 0.3) is 0 Å². The standard InChI is InChI=1S/C16H26BrN3OS2/c1-4-22-16(7-9-21-10-8-16)12-19-15(18-2)20(3)11-13-5-6-14(17)23-13/h5-6H,4,7-12H2,1-3H3,(H,18,19). The molecule has 7 heteroatoms. The van der Waals surface area contributed by atoms with Crippen LogP contribution in [-0.4, -0.2) is 55.2 Å². The van der Waals surface area contributed by atoms with Gasteiger partial charge in [-0.05, 0) is 46.7 Å². The van der Waals surface area contributed by atoms with Gasteiger partial charge in [-0.15, -0.1) is 11.3 Å². The third-order valence-electron chi connectivity index (χ3n) is 4.02. The van der Waals surface area contributed by atoms with Crippen LogP contribution >= 0.6 is 39.0 Å². The molecule has 1 aromatic heterocycles. The highest BCUT2D eigenvalue weighted by atomic mass is 79.9. The fourth-order valence-corrected chi connectivity index (χ4v) is 5.57. The average molecular weight is 420 g/mol. The number of aliphatic imine (C=N–C) groups is 1. The van der Waals surface area contributed by atoms with Crippen LogP contribution in [0.5, 0.6) is 0 Å². The molecule has 1 aliphatic rings. The summed E-state index contributed by atoms with van der Waals surface area (Å²) in [7, 11) is 3.94. The zero-order valence-electron chi connectivity index (χ0n) is 14.1. The molecule has 1 aliphatic heterocycles. The first-order valence-electron chi connectivity index (χ1n) is 7.96. The summed E-state index contributed by atoms with van der Waals surface area (Å²) >= 11 is 7.34. The maximum atomic E-state index is 5.55. The normalized spacial score (nSPS) is 18.0. The molecule has 2 rings (SSSR count). The predicted octanol–water partition coefficient (Wildman–Crippen LogP) is 3.82. The highest BCUT2D eigenvalue weighted by Crippen LogP contribution is 2.34. The van der Waals surface area contributed by atoms with Crippen molar-refractivity contribution < 1.29 is 4.74 Å². The maximum Gasteiger partial charge on any atom is 0.193 e. The highest BCUT2D eigenvalue weighted by molar-refractivity contribution is 9.11. The van der Waals surface area contributed by atoms with E-state index in [9.17, 15) is 0 Å². The Hall–Kier alpha value is -0.240. The smallest absolute Gasteiger partial charge is 0.193 e. The number of thiophene rings is 1. The Morgan fingerprint density at radius 1 is 1.48 bits per heavy atom. The summed E-state index contributed by atoms with van der Waals surface area (Å²) in [5, 5.41) is 3.58. The molecular weight excluding hydrogens is 394 g/mol. The largest absolute Gasteiger partial charge is 0.381 e. The lowest BCUT2D eigenvalue weighted by molar-refractivity contribution is 0.0780. The van der Waals surface area contributed by atoms with Crippen molar-refractivity contribution in [2.45, 2.75) is 31.1 Å². The summed E-state index contributed by atoms with van der Waals surface area (Å²) in [6.45, 7) is 5.78. The lowest BCUT2D eigenvalue weighted by atomic mass is 9.99. The molecule has 130 valence electrons. The van der Waals surface area contributed by atoms with E-state index in [4.69, 9.17) is 4.74 Å². The van der Waals surface area contributed by atoms with E-state index in [1.807, 2.05) is 7.05 Å². The number of thioether (sulfide) groups is 1. The summed E-state index contributed by atoms with van der Waals surface area (Å²) in [4.78, 5) is 7.96. The molecule has 0 spiro atoms. The molecular formula is C16H26BrN3OS2. The second-order valence-electron chi connectivity index (χ2n) is 5.69. The second-order valence-corrected chi connectivity index (χ2v) is 9.97. The zero-order valence-corrected chi connectivity index (χ0v) is 17.3. The predicted molar refractivity (Wildman–Crippen MR) is 106 cm³/mol. The molecule has 0 amide bonds. The number of nitrogens with zero attached hydrogens (tertiary/aromatic N) is 2. The van der Waals surface area contributed by atoms with Gasteiger partial charge in [0.05, 0.1) is 10.3 Å². The molecule has 23 heavy (non-hydrogen) atoms. The van der Waals surface area contributed by atoms with Crippen molar-refractivity contribution in [3.63, 3.8) is 0 Å². The van der Waals surface area contributed by atoms with Crippen LogP contribution in [0.15, 0.2) is 20.9 Å². The van der Waals surface area contributed by atoms with Crippen molar-refractivity contribution in [3.05, 3.63) is 20.8 Å². The number of ether oxygens (including phenoxy) is 1. The summed E-state index contributed by atoms with van der Waals surface area (Å²) in [6, 6.07) is 4.25. The van der Waals surface area contributed by atoms with E-state index in [2.05, 4.69) is 69.0 Å². The Labute approximate surface area is 156 Å². The molecule has 0 bridgehead atoms. The summed E-state index contributed by atoms with van der Waals surface area (Å²) in [5.41, 5.74) is 0. The molecule has 1 aromatic rings. The van der Waals surface area contributed by atoms with Crippen LogP contribution in [0.2, 0.25) is 0 Å². The summed E-state index contributed by atoms with van der Waals surface area (Å²) < 4.78 is 6.99. The maximum absolute atomic E-state index is 5.55. The average Bonchev–Trinajstić information content (AvgIpc) is 2.94. The fourth-order valence-electron chi connectivity index (χ4n) is 2.79. The van der Waals surface area contributed by atoms with Gasteiger partial charge in [0.1, 0.15) is 0 Å². The monoisotopic (exact) mass is 419 g/mol. The van der Waals surface area contributed by atoms with Gasteiger partial charge >= 0.3 is 0 Å². The third-order valence-corrected chi connectivity index (χ3v) is 7.08.